The molecule has 2 unspecified atom stereocenters. The number of allylic oxidation sites excluding steroid dienone is 1. The van der Waals surface area contributed by atoms with Crippen LogP contribution in [0.15, 0.2) is 11.6 Å². The third-order valence-electron chi connectivity index (χ3n) is 2.14. The van der Waals surface area contributed by atoms with Gasteiger partial charge in [0.2, 0.25) is 0 Å². The molecule has 0 aliphatic carbocycles. The van der Waals surface area contributed by atoms with Gasteiger partial charge in [0.25, 0.3) is 0 Å². The molecule has 0 heterocycles. The summed E-state index contributed by atoms with van der Waals surface area (Å²) >= 11 is 3.29. The van der Waals surface area contributed by atoms with Crippen LogP contribution < -0.4 is 0 Å². The molecule has 0 spiro atoms. The first kappa shape index (κ1) is 15.2. The number of terminal acetylenes is 1. The fraction of sp³-hybridized carbons (Fsp3) is 0.615. The van der Waals surface area contributed by atoms with E-state index in [4.69, 9.17) is 11.2 Å². The summed E-state index contributed by atoms with van der Waals surface area (Å²) in [6, 6.07) is 0. The number of esters is 1. The van der Waals surface area contributed by atoms with Gasteiger partial charge in [0, 0.05) is 0 Å². The number of halogens is 1. The Bertz CT molecular complexity index is 300. The standard InChI is InChI=1S/C13H19BrO2/c1-6-8-10(5)11(7-2)16-13(15)12(14)9(3)4/h2,8-9,11-12H,6H2,1,3-5H3. The van der Waals surface area contributed by atoms with Gasteiger partial charge in [0.05, 0.1) is 0 Å². The third-order valence-corrected chi connectivity index (χ3v) is 3.57. The second kappa shape index (κ2) is 7.51. The minimum atomic E-state index is -0.550. The van der Waals surface area contributed by atoms with Crippen molar-refractivity contribution in [1.29, 1.82) is 0 Å². The number of ether oxygens (including phenoxy) is 1. The van der Waals surface area contributed by atoms with Crippen molar-refractivity contribution in [2.45, 2.75) is 45.0 Å². The zero-order valence-corrected chi connectivity index (χ0v) is 11.9. The Morgan fingerprint density at radius 2 is 2.12 bits per heavy atom. The normalized spacial score (nSPS) is 15.4. The SMILES string of the molecule is C#CC(OC(=O)C(Br)C(C)C)C(C)=CCC. The summed E-state index contributed by atoms with van der Waals surface area (Å²) in [7, 11) is 0. The van der Waals surface area contributed by atoms with Crippen LogP contribution in [0.1, 0.15) is 34.1 Å². The Kier molecular flexibility index (Phi) is 7.16. The van der Waals surface area contributed by atoms with E-state index in [-0.39, 0.29) is 16.7 Å². The van der Waals surface area contributed by atoms with Crippen molar-refractivity contribution in [3.05, 3.63) is 11.6 Å². The zero-order chi connectivity index (χ0) is 12.7. The highest BCUT2D eigenvalue weighted by Crippen LogP contribution is 2.16. The molecule has 0 saturated carbocycles. The van der Waals surface area contributed by atoms with Crippen LogP contribution in [0, 0.1) is 18.3 Å². The van der Waals surface area contributed by atoms with Crippen molar-refractivity contribution in [2.24, 2.45) is 5.92 Å². The topological polar surface area (TPSA) is 26.3 Å². The van der Waals surface area contributed by atoms with Crippen molar-refractivity contribution in [3.8, 4) is 12.3 Å². The molecule has 0 aliphatic rings. The highest BCUT2D eigenvalue weighted by Gasteiger charge is 2.23. The lowest BCUT2D eigenvalue weighted by molar-refractivity contribution is -0.145. The van der Waals surface area contributed by atoms with Crippen molar-refractivity contribution in [1.82, 2.24) is 0 Å². The number of alkyl halides is 1. The van der Waals surface area contributed by atoms with Gasteiger partial charge in [-0.3, -0.25) is 4.79 Å². The largest absolute Gasteiger partial charge is 0.444 e. The van der Waals surface area contributed by atoms with Crippen LogP contribution in [0.3, 0.4) is 0 Å². The Morgan fingerprint density at radius 1 is 1.56 bits per heavy atom. The smallest absolute Gasteiger partial charge is 0.321 e. The molecule has 0 radical (unpaired) electrons. The summed E-state index contributed by atoms with van der Waals surface area (Å²) in [5.74, 6) is 2.36. The summed E-state index contributed by atoms with van der Waals surface area (Å²) in [4.78, 5) is 11.4. The van der Waals surface area contributed by atoms with Gasteiger partial charge < -0.3 is 4.74 Å². The Balaban J connectivity index is 4.52. The van der Waals surface area contributed by atoms with E-state index in [2.05, 4.69) is 21.9 Å². The van der Waals surface area contributed by atoms with Crippen LogP contribution in [-0.2, 0) is 9.53 Å². The Labute approximate surface area is 107 Å². The van der Waals surface area contributed by atoms with E-state index < -0.39 is 6.10 Å². The van der Waals surface area contributed by atoms with Gasteiger partial charge in [-0.25, -0.2) is 0 Å². The van der Waals surface area contributed by atoms with Crippen molar-refractivity contribution in [2.75, 3.05) is 0 Å². The molecule has 0 amide bonds. The molecule has 3 heteroatoms. The van der Waals surface area contributed by atoms with E-state index in [1.165, 1.54) is 0 Å². The lowest BCUT2D eigenvalue weighted by atomic mass is 10.1. The maximum Gasteiger partial charge on any atom is 0.321 e. The molecular weight excluding hydrogens is 268 g/mol. The van der Waals surface area contributed by atoms with Gasteiger partial charge in [-0.05, 0) is 24.8 Å². The van der Waals surface area contributed by atoms with Gasteiger partial charge in [-0.2, -0.15) is 0 Å². The number of carbonyl (C=O) groups excluding carboxylic acids is 1. The predicted molar refractivity (Wildman–Crippen MR) is 70.3 cm³/mol. The fourth-order valence-electron chi connectivity index (χ4n) is 1.14. The highest BCUT2D eigenvalue weighted by atomic mass is 79.9. The highest BCUT2D eigenvalue weighted by molar-refractivity contribution is 9.10. The number of rotatable bonds is 5. The minimum absolute atomic E-state index is 0.182. The molecule has 0 aromatic heterocycles. The van der Waals surface area contributed by atoms with E-state index in [1.54, 1.807) is 0 Å². The molecule has 0 bridgehead atoms. The van der Waals surface area contributed by atoms with Crippen LogP contribution in [0.4, 0.5) is 0 Å². The van der Waals surface area contributed by atoms with Crippen LogP contribution in [0.5, 0.6) is 0 Å². The first-order valence-electron chi connectivity index (χ1n) is 5.41. The number of hydrogen-bond donors (Lipinski definition) is 0. The summed E-state index contributed by atoms with van der Waals surface area (Å²) in [5, 5.41) is 0. The minimum Gasteiger partial charge on any atom is -0.444 e. The molecule has 2 nitrogen and oxygen atoms in total. The van der Waals surface area contributed by atoms with Gasteiger partial charge in [0.15, 0.2) is 6.10 Å². The van der Waals surface area contributed by atoms with Crippen molar-refractivity contribution >= 4 is 21.9 Å². The Morgan fingerprint density at radius 3 is 2.50 bits per heavy atom. The van der Waals surface area contributed by atoms with E-state index in [9.17, 15) is 4.79 Å². The summed E-state index contributed by atoms with van der Waals surface area (Å²) < 4.78 is 5.25. The molecule has 0 aliphatic heterocycles. The Hall–Kier alpha value is -0.750. The van der Waals surface area contributed by atoms with Crippen LogP contribution in [0.25, 0.3) is 0 Å². The lowest BCUT2D eigenvalue weighted by Crippen LogP contribution is -2.27. The average molecular weight is 287 g/mol. The first-order valence-corrected chi connectivity index (χ1v) is 6.32. The molecule has 90 valence electrons. The summed E-state index contributed by atoms with van der Waals surface area (Å²) in [6.45, 7) is 7.78. The average Bonchev–Trinajstić information content (AvgIpc) is 2.24. The van der Waals surface area contributed by atoms with E-state index in [1.807, 2.05) is 33.8 Å². The molecule has 0 fully saturated rings. The van der Waals surface area contributed by atoms with Gasteiger partial charge in [-0.15, -0.1) is 6.42 Å². The van der Waals surface area contributed by atoms with E-state index >= 15 is 0 Å². The fourth-order valence-corrected chi connectivity index (χ4v) is 1.25. The maximum atomic E-state index is 11.7. The molecule has 16 heavy (non-hydrogen) atoms. The van der Waals surface area contributed by atoms with Gasteiger partial charge in [0.1, 0.15) is 4.83 Å². The number of hydrogen-bond acceptors (Lipinski definition) is 2. The predicted octanol–water partition coefficient (Wildman–Crippen LogP) is 3.31. The third kappa shape index (κ3) is 4.85. The van der Waals surface area contributed by atoms with Crippen LogP contribution in [-0.4, -0.2) is 16.9 Å². The van der Waals surface area contributed by atoms with Gasteiger partial charge >= 0.3 is 5.97 Å². The molecule has 0 N–H and O–H groups in total. The zero-order valence-electron chi connectivity index (χ0n) is 10.3. The van der Waals surface area contributed by atoms with Crippen molar-refractivity contribution < 1.29 is 9.53 Å². The quantitative estimate of drug-likeness (QED) is 0.335. The molecule has 2 atom stereocenters. The lowest BCUT2D eigenvalue weighted by Gasteiger charge is -2.17. The van der Waals surface area contributed by atoms with E-state index in [0.717, 1.165) is 12.0 Å². The molecule has 0 rings (SSSR count). The summed E-state index contributed by atoms with van der Waals surface area (Å²) in [6.07, 6.45) is 7.64. The second-order valence-corrected chi connectivity index (χ2v) is 4.97. The molecule has 0 aromatic carbocycles. The maximum absolute atomic E-state index is 11.7. The summed E-state index contributed by atoms with van der Waals surface area (Å²) in [5.41, 5.74) is 0.904. The van der Waals surface area contributed by atoms with Crippen molar-refractivity contribution in [3.63, 3.8) is 0 Å². The first-order chi connectivity index (χ1) is 7.43. The number of carbonyl (C=O) groups is 1. The monoisotopic (exact) mass is 286 g/mol. The van der Waals surface area contributed by atoms with Crippen LogP contribution >= 0.6 is 15.9 Å². The second-order valence-electron chi connectivity index (χ2n) is 3.99. The van der Waals surface area contributed by atoms with E-state index in [0.29, 0.717) is 0 Å². The molecule has 0 saturated heterocycles. The van der Waals surface area contributed by atoms with Crippen LogP contribution in [0.2, 0.25) is 0 Å². The van der Waals surface area contributed by atoms with Gasteiger partial charge in [-0.1, -0.05) is 48.7 Å². The molecular formula is C13H19BrO2. The molecule has 0 aromatic rings.